The second kappa shape index (κ2) is 6.90. The summed E-state index contributed by atoms with van der Waals surface area (Å²) in [5.41, 5.74) is 1.22. The van der Waals surface area contributed by atoms with Gasteiger partial charge in [-0.3, -0.25) is 9.59 Å². The number of benzene rings is 1. The van der Waals surface area contributed by atoms with E-state index in [4.69, 9.17) is 0 Å². The van der Waals surface area contributed by atoms with E-state index in [0.29, 0.717) is 0 Å². The maximum Gasteiger partial charge on any atom is 0.140 e. The highest BCUT2D eigenvalue weighted by Crippen LogP contribution is 2.21. The van der Waals surface area contributed by atoms with Gasteiger partial charge in [-0.05, 0) is 38.2 Å². The molecule has 0 amide bonds. The maximum absolute atomic E-state index is 11.5. The van der Waals surface area contributed by atoms with Gasteiger partial charge >= 0.3 is 0 Å². The van der Waals surface area contributed by atoms with Gasteiger partial charge in [0.25, 0.3) is 0 Å². The fourth-order valence-electron chi connectivity index (χ4n) is 2.29. The van der Waals surface area contributed by atoms with Gasteiger partial charge in [0.15, 0.2) is 0 Å². The summed E-state index contributed by atoms with van der Waals surface area (Å²) in [4.78, 5) is 23.1. The molecule has 0 spiro atoms. The Kier molecular flexibility index (Phi) is 5.50. The number of carbonyl (C=O) groups is 2. The first-order valence-corrected chi connectivity index (χ1v) is 6.23. The van der Waals surface area contributed by atoms with Gasteiger partial charge in [0.05, 0.1) is 5.92 Å². The van der Waals surface area contributed by atoms with Crippen LogP contribution < -0.4 is 0 Å². The summed E-state index contributed by atoms with van der Waals surface area (Å²) in [5.74, 6) is -0.743. The molecule has 0 aliphatic carbocycles. The van der Waals surface area contributed by atoms with Gasteiger partial charge in [0.1, 0.15) is 11.6 Å². The Balaban J connectivity index is 2.69. The van der Waals surface area contributed by atoms with Crippen molar-refractivity contribution >= 4 is 11.6 Å². The van der Waals surface area contributed by atoms with Gasteiger partial charge in [0.2, 0.25) is 0 Å². The molecular weight excluding hydrogens is 224 g/mol. The number of allylic oxidation sites excluding steroid dienone is 1. The van der Waals surface area contributed by atoms with E-state index in [1.807, 2.05) is 18.2 Å². The molecule has 0 bridgehead atoms. The highest BCUT2D eigenvalue weighted by Gasteiger charge is 2.27. The molecule has 0 aromatic heterocycles. The van der Waals surface area contributed by atoms with Gasteiger partial charge in [0, 0.05) is 0 Å². The number of aryl methyl sites for hydroxylation is 1. The van der Waals surface area contributed by atoms with E-state index in [0.717, 1.165) is 12.8 Å². The Labute approximate surface area is 109 Å². The van der Waals surface area contributed by atoms with E-state index in [2.05, 4.69) is 18.7 Å². The molecule has 1 aromatic rings. The summed E-state index contributed by atoms with van der Waals surface area (Å²) >= 11 is 0. The smallest absolute Gasteiger partial charge is 0.140 e. The standard InChI is InChI=1S/C16H20O2/c1-4-15(16(12(2)17)13(3)18)11-10-14-8-6-5-7-9-14/h4-9,15-16H,1,10-11H2,2-3H3. The summed E-state index contributed by atoms with van der Waals surface area (Å²) in [6.07, 6.45) is 3.36. The molecule has 0 saturated heterocycles. The second-order valence-electron chi connectivity index (χ2n) is 4.62. The Morgan fingerprint density at radius 2 is 1.72 bits per heavy atom. The molecule has 96 valence electrons. The zero-order valence-corrected chi connectivity index (χ0v) is 11.1. The predicted molar refractivity (Wildman–Crippen MR) is 73.3 cm³/mol. The predicted octanol–water partition coefficient (Wildman–Crippen LogP) is 3.22. The summed E-state index contributed by atoms with van der Waals surface area (Å²) in [7, 11) is 0. The van der Waals surface area contributed by atoms with Gasteiger partial charge in [-0.2, -0.15) is 0 Å². The number of Topliss-reactive ketones (excluding diaryl/α,β-unsaturated/α-hetero) is 2. The van der Waals surface area contributed by atoms with E-state index < -0.39 is 5.92 Å². The fraction of sp³-hybridized carbons (Fsp3) is 0.375. The number of ketones is 2. The first-order valence-electron chi connectivity index (χ1n) is 6.23. The quantitative estimate of drug-likeness (QED) is 0.545. The zero-order valence-electron chi connectivity index (χ0n) is 11.1. The molecule has 0 heterocycles. The molecule has 1 rings (SSSR count). The molecule has 1 unspecified atom stereocenters. The topological polar surface area (TPSA) is 34.1 Å². The van der Waals surface area contributed by atoms with Crippen LogP contribution in [0.4, 0.5) is 0 Å². The summed E-state index contributed by atoms with van der Waals surface area (Å²) in [5, 5.41) is 0. The molecule has 0 saturated carbocycles. The van der Waals surface area contributed by atoms with Crippen LogP contribution in [0.2, 0.25) is 0 Å². The largest absolute Gasteiger partial charge is 0.299 e. The van der Waals surface area contributed by atoms with Crippen LogP contribution in [0, 0.1) is 11.8 Å². The third-order valence-corrected chi connectivity index (χ3v) is 3.22. The third kappa shape index (κ3) is 3.95. The van der Waals surface area contributed by atoms with Crippen molar-refractivity contribution < 1.29 is 9.59 Å². The van der Waals surface area contributed by atoms with Crippen LogP contribution in [0.3, 0.4) is 0 Å². The van der Waals surface area contributed by atoms with E-state index in [-0.39, 0.29) is 17.5 Å². The lowest BCUT2D eigenvalue weighted by molar-refractivity contribution is -0.131. The molecular formula is C16H20O2. The lowest BCUT2D eigenvalue weighted by Crippen LogP contribution is -2.27. The van der Waals surface area contributed by atoms with Crippen molar-refractivity contribution in [2.24, 2.45) is 11.8 Å². The zero-order chi connectivity index (χ0) is 13.5. The molecule has 2 heteroatoms. The van der Waals surface area contributed by atoms with E-state index in [1.54, 1.807) is 6.08 Å². The van der Waals surface area contributed by atoms with Crippen molar-refractivity contribution in [3.63, 3.8) is 0 Å². The molecule has 1 atom stereocenters. The SMILES string of the molecule is C=CC(CCc1ccccc1)C(C(C)=O)C(C)=O. The second-order valence-corrected chi connectivity index (χ2v) is 4.62. The molecule has 0 aliphatic heterocycles. The summed E-state index contributed by atoms with van der Waals surface area (Å²) in [6, 6.07) is 10.1. The average Bonchev–Trinajstić information content (AvgIpc) is 2.34. The minimum absolute atomic E-state index is 0.0690. The monoisotopic (exact) mass is 244 g/mol. The highest BCUT2D eigenvalue weighted by molar-refractivity contribution is 6.00. The van der Waals surface area contributed by atoms with Crippen molar-refractivity contribution in [2.75, 3.05) is 0 Å². The van der Waals surface area contributed by atoms with Crippen molar-refractivity contribution in [3.8, 4) is 0 Å². The van der Waals surface area contributed by atoms with E-state index in [1.165, 1.54) is 19.4 Å². The molecule has 2 nitrogen and oxygen atoms in total. The molecule has 0 radical (unpaired) electrons. The molecule has 0 aliphatic rings. The lowest BCUT2D eigenvalue weighted by Gasteiger charge is -2.19. The Hall–Kier alpha value is -1.70. The minimum atomic E-state index is -0.536. The number of rotatable bonds is 7. The van der Waals surface area contributed by atoms with E-state index in [9.17, 15) is 9.59 Å². The lowest BCUT2D eigenvalue weighted by atomic mass is 9.82. The summed E-state index contributed by atoms with van der Waals surface area (Å²) < 4.78 is 0. The number of hydrogen-bond acceptors (Lipinski definition) is 2. The van der Waals surface area contributed by atoms with Crippen LogP contribution in [0.25, 0.3) is 0 Å². The maximum atomic E-state index is 11.5. The van der Waals surface area contributed by atoms with Gasteiger partial charge < -0.3 is 0 Å². The molecule has 1 aromatic carbocycles. The van der Waals surface area contributed by atoms with Crippen LogP contribution in [0.15, 0.2) is 43.0 Å². The summed E-state index contributed by atoms with van der Waals surface area (Å²) in [6.45, 7) is 6.71. The number of carbonyl (C=O) groups excluding carboxylic acids is 2. The van der Waals surface area contributed by atoms with Crippen LogP contribution in [-0.2, 0) is 16.0 Å². The van der Waals surface area contributed by atoms with Crippen molar-refractivity contribution in [1.29, 1.82) is 0 Å². The van der Waals surface area contributed by atoms with Crippen molar-refractivity contribution in [1.82, 2.24) is 0 Å². The van der Waals surface area contributed by atoms with Crippen LogP contribution in [0.1, 0.15) is 25.8 Å². The first-order chi connectivity index (χ1) is 8.56. The van der Waals surface area contributed by atoms with Crippen LogP contribution >= 0.6 is 0 Å². The highest BCUT2D eigenvalue weighted by atomic mass is 16.1. The van der Waals surface area contributed by atoms with Gasteiger partial charge in [-0.15, -0.1) is 6.58 Å². The normalized spacial score (nSPS) is 12.2. The van der Waals surface area contributed by atoms with Gasteiger partial charge in [-0.1, -0.05) is 36.4 Å². The average molecular weight is 244 g/mol. The van der Waals surface area contributed by atoms with Gasteiger partial charge in [-0.25, -0.2) is 0 Å². The Morgan fingerprint density at radius 1 is 1.17 bits per heavy atom. The van der Waals surface area contributed by atoms with Crippen LogP contribution in [-0.4, -0.2) is 11.6 Å². The Bertz CT molecular complexity index is 406. The minimum Gasteiger partial charge on any atom is -0.299 e. The molecule has 0 N–H and O–H groups in total. The third-order valence-electron chi connectivity index (χ3n) is 3.22. The first kappa shape index (κ1) is 14.4. The van der Waals surface area contributed by atoms with E-state index >= 15 is 0 Å². The molecule has 18 heavy (non-hydrogen) atoms. The van der Waals surface area contributed by atoms with Crippen molar-refractivity contribution in [3.05, 3.63) is 48.6 Å². The fourth-order valence-corrected chi connectivity index (χ4v) is 2.29. The molecule has 0 fully saturated rings. The Morgan fingerprint density at radius 3 is 2.17 bits per heavy atom. The number of hydrogen-bond donors (Lipinski definition) is 0. The van der Waals surface area contributed by atoms with Crippen molar-refractivity contribution in [2.45, 2.75) is 26.7 Å². The van der Waals surface area contributed by atoms with Crippen LogP contribution in [0.5, 0.6) is 0 Å².